The Morgan fingerprint density at radius 2 is 1.86 bits per heavy atom. The van der Waals surface area contributed by atoms with Crippen molar-refractivity contribution in [2.75, 3.05) is 19.7 Å². The van der Waals surface area contributed by atoms with Crippen molar-refractivity contribution in [2.45, 2.75) is 50.5 Å². The molecule has 8 nitrogen and oxygen atoms in total. The topological polar surface area (TPSA) is 89.7 Å². The number of rotatable bonds is 7. The molecule has 2 saturated heterocycles. The second-order valence-corrected chi connectivity index (χ2v) is 12.1. The average Bonchev–Trinajstić information content (AvgIpc) is 3.31. The number of ether oxygens (including phenoxy) is 2. The van der Waals surface area contributed by atoms with Crippen LogP contribution in [-0.2, 0) is 17.8 Å². The van der Waals surface area contributed by atoms with E-state index in [1.54, 1.807) is 24.3 Å². The van der Waals surface area contributed by atoms with Gasteiger partial charge in [0.2, 0.25) is 0 Å². The first-order valence-corrected chi connectivity index (χ1v) is 15.2. The van der Waals surface area contributed by atoms with E-state index in [2.05, 4.69) is 16.0 Å². The lowest BCUT2D eigenvalue weighted by Crippen LogP contribution is -2.35. The van der Waals surface area contributed by atoms with Crippen LogP contribution in [0.3, 0.4) is 0 Å². The number of likely N-dealkylation sites (tertiary alicyclic amines) is 1. The number of hydrogen-bond donors (Lipinski definition) is 1. The number of aromatic carboxylic acids is 1. The normalized spacial score (nSPS) is 20.8. The molecule has 11 heteroatoms. The molecule has 0 spiro atoms. The van der Waals surface area contributed by atoms with E-state index >= 15 is 0 Å². The molecular weight excluding hydrogens is 594 g/mol. The number of carbonyl (C=O) groups is 1. The van der Waals surface area contributed by atoms with Crippen LogP contribution in [0.15, 0.2) is 54.6 Å². The SMILES string of the molecule is O=C(O)c1ccc2nc(CN3CCC(c4cccc5c4OC(c4ccc(Cl)cc4F)C=C5Cl)CC3)n(C[C@@H]3CCO3)c2n1. The molecule has 0 saturated carbocycles. The number of piperidine rings is 1. The summed E-state index contributed by atoms with van der Waals surface area (Å²) in [6.45, 7) is 3.62. The number of halogens is 3. The minimum Gasteiger partial charge on any atom is -0.480 e. The predicted octanol–water partition coefficient (Wildman–Crippen LogP) is 6.80. The van der Waals surface area contributed by atoms with Gasteiger partial charge in [-0.3, -0.25) is 4.90 Å². The van der Waals surface area contributed by atoms with E-state index in [1.807, 2.05) is 16.7 Å². The summed E-state index contributed by atoms with van der Waals surface area (Å²) in [5.41, 5.74) is 3.52. The molecule has 1 unspecified atom stereocenters. The molecule has 1 N–H and O–H groups in total. The largest absolute Gasteiger partial charge is 0.480 e. The number of pyridine rings is 1. The van der Waals surface area contributed by atoms with E-state index in [1.165, 1.54) is 12.1 Å². The Bertz CT molecular complexity index is 1750. The molecule has 2 aromatic heterocycles. The fourth-order valence-electron chi connectivity index (χ4n) is 6.18. The van der Waals surface area contributed by atoms with Gasteiger partial charge in [-0.25, -0.2) is 19.2 Å². The maximum absolute atomic E-state index is 14.8. The zero-order valence-corrected chi connectivity index (χ0v) is 24.7. The number of nitrogens with zero attached hydrogens (tertiary/aromatic N) is 4. The molecule has 7 rings (SSSR count). The van der Waals surface area contributed by atoms with E-state index in [9.17, 15) is 14.3 Å². The second kappa shape index (κ2) is 11.5. The molecule has 3 aliphatic heterocycles. The average molecular weight is 624 g/mol. The molecule has 2 atom stereocenters. The first-order valence-electron chi connectivity index (χ1n) is 14.4. The molecule has 0 aliphatic carbocycles. The van der Waals surface area contributed by atoms with Crippen molar-refractivity contribution in [3.05, 3.63) is 93.7 Å². The van der Waals surface area contributed by atoms with Crippen LogP contribution in [0.5, 0.6) is 5.75 Å². The van der Waals surface area contributed by atoms with E-state index in [-0.39, 0.29) is 17.7 Å². The van der Waals surface area contributed by atoms with Gasteiger partial charge in [-0.1, -0.05) is 41.4 Å². The van der Waals surface area contributed by atoms with Crippen LogP contribution in [0, 0.1) is 5.82 Å². The highest BCUT2D eigenvalue weighted by Crippen LogP contribution is 2.46. The zero-order chi connectivity index (χ0) is 29.7. The van der Waals surface area contributed by atoms with Crippen LogP contribution < -0.4 is 4.74 Å². The van der Waals surface area contributed by atoms with Gasteiger partial charge in [-0.15, -0.1) is 0 Å². The van der Waals surface area contributed by atoms with Crippen LogP contribution in [0.1, 0.15) is 64.3 Å². The van der Waals surface area contributed by atoms with Gasteiger partial charge < -0.3 is 19.1 Å². The lowest BCUT2D eigenvalue weighted by molar-refractivity contribution is -0.0593. The van der Waals surface area contributed by atoms with Gasteiger partial charge in [0.05, 0.1) is 24.2 Å². The first kappa shape index (κ1) is 28.3. The van der Waals surface area contributed by atoms with E-state index in [0.29, 0.717) is 45.6 Å². The van der Waals surface area contributed by atoms with Gasteiger partial charge in [0.1, 0.15) is 29.0 Å². The van der Waals surface area contributed by atoms with Crippen molar-refractivity contribution in [3.8, 4) is 5.75 Å². The highest BCUT2D eigenvalue weighted by Gasteiger charge is 2.31. The number of imidazole rings is 1. The zero-order valence-electron chi connectivity index (χ0n) is 23.2. The summed E-state index contributed by atoms with van der Waals surface area (Å²) >= 11 is 12.7. The van der Waals surface area contributed by atoms with Gasteiger partial charge in [-0.2, -0.15) is 0 Å². The number of fused-ring (bicyclic) bond motifs is 2. The summed E-state index contributed by atoms with van der Waals surface area (Å²) in [6, 6.07) is 13.8. The van der Waals surface area contributed by atoms with Gasteiger partial charge >= 0.3 is 5.97 Å². The Morgan fingerprint density at radius 1 is 1.05 bits per heavy atom. The summed E-state index contributed by atoms with van der Waals surface area (Å²) in [5, 5.41) is 10.3. The van der Waals surface area contributed by atoms with Crippen molar-refractivity contribution >= 4 is 45.4 Å². The molecule has 0 bridgehead atoms. The summed E-state index contributed by atoms with van der Waals surface area (Å²) in [4.78, 5) is 23.2. The van der Waals surface area contributed by atoms with E-state index in [4.69, 9.17) is 37.7 Å². The third-order valence-electron chi connectivity index (χ3n) is 8.58. The second-order valence-electron chi connectivity index (χ2n) is 11.3. The summed E-state index contributed by atoms with van der Waals surface area (Å²) < 4.78 is 28.9. The van der Waals surface area contributed by atoms with Gasteiger partial charge in [0.25, 0.3) is 0 Å². The molecule has 222 valence electrons. The smallest absolute Gasteiger partial charge is 0.354 e. The highest BCUT2D eigenvalue weighted by atomic mass is 35.5. The number of aromatic nitrogens is 3. The number of benzene rings is 2. The Kier molecular flexibility index (Phi) is 7.59. The Labute approximate surface area is 257 Å². The van der Waals surface area contributed by atoms with Gasteiger partial charge in [0, 0.05) is 22.8 Å². The first-order chi connectivity index (χ1) is 20.8. The molecule has 5 heterocycles. The van der Waals surface area contributed by atoms with Gasteiger partial charge in [0.15, 0.2) is 11.3 Å². The summed E-state index contributed by atoms with van der Waals surface area (Å²) in [6.07, 6.45) is 3.91. The number of hydrogen-bond acceptors (Lipinski definition) is 6. The third kappa shape index (κ3) is 5.51. The molecular formula is C32H29Cl2FN4O4. The monoisotopic (exact) mass is 622 g/mol. The lowest BCUT2D eigenvalue weighted by atomic mass is 9.87. The van der Waals surface area contributed by atoms with Crippen LogP contribution in [0.4, 0.5) is 4.39 Å². The van der Waals surface area contributed by atoms with Crippen molar-refractivity contribution in [1.29, 1.82) is 0 Å². The minimum absolute atomic E-state index is 0.0000533. The van der Waals surface area contributed by atoms with Crippen LogP contribution >= 0.6 is 23.2 Å². The van der Waals surface area contributed by atoms with Crippen LogP contribution in [0.2, 0.25) is 5.02 Å². The fraction of sp³-hybridized carbons (Fsp3) is 0.344. The standard InChI is InChI=1S/C32H29Cl2FN4O4/c33-19-4-5-23(25(35)14-19)28-15-24(34)22-3-1-2-21(30(22)43-28)18-8-11-38(12-9-18)17-29-36-26-6-7-27(32(40)41)37-31(26)39(29)16-20-10-13-42-20/h1-7,14-15,18,20,28H,8-13,16-17H2,(H,40,41)/t20-,28?/m0/s1. The quantitative estimate of drug-likeness (QED) is 0.242. The van der Waals surface area contributed by atoms with Crippen LogP contribution in [0.25, 0.3) is 16.2 Å². The minimum atomic E-state index is -1.06. The molecule has 43 heavy (non-hydrogen) atoms. The van der Waals surface area contributed by atoms with Gasteiger partial charge in [-0.05, 0) is 80.2 Å². The Hall–Kier alpha value is -3.50. The van der Waals surface area contributed by atoms with Crippen molar-refractivity contribution < 1.29 is 23.8 Å². The number of para-hydroxylation sites is 1. The maximum atomic E-state index is 14.8. The Balaban J connectivity index is 1.10. The molecule has 0 radical (unpaired) electrons. The highest BCUT2D eigenvalue weighted by molar-refractivity contribution is 6.49. The lowest BCUT2D eigenvalue weighted by Gasteiger charge is -2.34. The Morgan fingerprint density at radius 3 is 2.58 bits per heavy atom. The van der Waals surface area contributed by atoms with E-state index < -0.39 is 17.9 Å². The third-order valence-corrected chi connectivity index (χ3v) is 9.14. The molecule has 3 aliphatic rings. The fourth-order valence-corrected chi connectivity index (χ4v) is 6.60. The maximum Gasteiger partial charge on any atom is 0.354 e. The summed E-state index contributed by atoms with van der Waals surface area (Å²) in [7, 11) is 0. The molecule has 4 aromatic rings. The van der Waals surface area contributed by atoms with Crippen molar-refractivity contribution in [1.82, 2.24) is 19.4 Å². The summed E-state index contributed by atoms with van der Waals surface area (Å²) in [5.74, 6) is 0.300. The predicted molar refractivity (Wildman–Crippen MR) is 161 cm³/mol. The molecule has 2 aromatic carbocycles. The van der Waals surface area contributed by atoms with Crippen molar-refractivity contribution in [3.63, 3.8) is 0 Å². The number of carboxylic acids is 1. The van der Waals surface area contributed by atoms with Crippen molar-refractivity contribution in [2.24, 2.45) is 0 Å². The van der Waals surface area contributed by atoms with Crippen LogP contribution in [-0.4, -0.2) is 56.3 Å². The van der Waals surface area contributed by atoms with E-state index in [0.717, 1.165) is 55.9 Å². The number of carboxylic acid groups (broad SMARTS) is 1. The molecule has 2 fully saturated rings. The molecule has 0 amide bonds.